The SMILES string of the molecule is Cc1ccc(-c2csc(-c3nnn(-c4cccc(F)c4)c3N)n2)cc1C. The van der Waals surface area contributed by atoms with Gasteiger partial charge in [-0.3, -0.25) is 0 Å². The van der Waals surface area contributed by atoms with Gasteiger partial charge in [0.1, 0.15) is 10.8 Å². The van der Waals surface area contributed by atoms with E-state index in [0.717, 1.165) is 11.3 Å². The summed E-state index contributed by atoms with van der Waals surface area (Å²) in [7, 11) is 0. The van der Waals surface area contributed by atoms with Gasteiger partial charge >= 0.3 is 0 Å². The van der Waals surface area contributed by atoms with E-state index in [1.165, 1.54) is 39.3 Å². The van der Waals surface area contributed by atoms with Gasteiger partial charge in [-0.2, -0.15) is 4.68 Å². The Bertz CT molecular complexity index is 1100. The zero-order valence-electron chi connectivity index (χ0n) is 14.3. The standard InChI is InChI=1S/C19H16FN5S/c1-11-6-7-13(8-12(11)2)16-10-26-19(22-16)17-18(21)25(24-23-17)15-5-3-4-14(20)9-15/h3-10H,21H2,1-2H3. The lowest BCUT2D eigenvalue weighted by Gasteiger charge is -2.03. The Kier molecular flexibility index (Phi) is 4.00. The smallest absolute Gasteiger partial charge is 0.165 e. The maximum Gasteiger partial charge on any atom is 0.165 e. The zero-order valence-corrected chi connectivity index (χ0v) is 15.1. The van der Waals surface area contributed by atoms with E-state index < -0.39 is 0 Å². The van der Waals surface area contributed by atoms with Gasteiger partial charge in [-0.25, -0.2) is 9.37 Å². The second-order valence-electron chi connectivity index (χ2n) is 6.05. The summed E-state index contributed by atoms with van der Waals surface area (Å²) in [4.78, 5) is 4.66. The molecule has 0 aliphatic heterocycles. The molecule has 0 aliphatic rings. The van der Waals surface area contributed by atoms with Crippen molar-refractivity contribution in [3.05, 3.63) is 64.8 Å². The van der Waals surface area contributed by atoms with Crippen molar-refractivity contribution in [2.45, 2.75) is 13.8 Å². The van der Waals surface area contributed by atoms with Crippen LogP contribution >= 0.6 is 11.3 Å². The number of anilines is 1. The summed E-state index contributed by atoms with van der Waals surface area (Å²) in [6.45, 7) is 4.16. The molecular formula is C19H16FN5S. The lowest BCUT2D eigenvalue weighted by Crippen LogP contribution is -2.02. The topological polar surface area (TPSA) is 69.6 Å². The highest BCUT2D eigenvalue weighted by Crippen LogP contribution is 2.32. The fraction of sp³-hybridized carbons (Fsp3) is 0.105. The molecule has 4 rings (SSSR count). The van der Waals surface area contributed by atoms with Crippen LogP contribution in [0.15, 0.2) is 47.8 Å². The third kappa shape index (κ3) is 2.86. The summed E-state index contributed by atoms with van der Waals surface area (Å²) in [6, 6.07) is 12.3. The molecule has 7 heteroatoms. The molecule has 130 valence electrons. The maximum atomic E-state index is 13.5. The molecule has 0 spiro atoms. The Hall–Kier alpha value is -3.06. The number of rotatable bonds is 3. The van der Waals surface area contributed by atoms with Gasteiger partial charge in [0.25, 0.3) is 0 Å². The highest BCUT2D eigenvalue weighted by Gasteiger charge is 2.17. The fourth-order valence-corrected chi connectivity index (χ4v) is 3.48. The summed E-state index contributed by atoms with van der Waals surface area (Å²) in [5, 5.41) is 10.8. The van der Waals surface area contributed by atoms with Crippen LogP contribution in [0.25, 0.3) is 27.6 Å². The van der Waals surface area contributed by atoms with Crippen LogP contribution in [0.5, 0.6) is 0 Å². The lowest BCUT2D eigenvalue weighted by atomic mass is 10.1. The fourth-order valence-electron chi connectivity index (χ4n) is 2.66. The first kappa shape index (κ1) is 16.4. The van der Waals surface area contributed by atoms with Crippen LogP contribution < -0.4 is 5.73 Å². The number of aromatic nitrogens is 4. The minimum absolute atomic E-state index is 0.330. The molecule has 2 aromatic carbocycles. The van der Waals surface area contributed by atoms with E-state index in [4.69, 9.17) is 5.73 Å². The number of halogens is 1. The van der Waals surface area contributed by atoms with Gasteiger partial charge in [0.15, 0.2) is 11.5 Å². The minimum atomic E-state index is -0.356. The van der Waals surface area contributed by atoms with E-state index in [-0.39, 0.29) is 5.82 Å². The molecule has 2 N–H and O–H groups in total. The first-order valence-corrected chi connectivity index (χ1v) is 8.91. The quantitative estimate of drug-likeness (QED) is 0.584. The van der Waals surface area contributed by atoms with E-state index in [1.54, 1.807) is 12.1 Å². The molecule has 0 atom stereocenters. The first-order chi connectivity index (χ1) is 12.5. The van der Waals surface area contributed by atoms with Crippen molar-refractivity contribution in [3.63, 3.8) is 0 Å². The number of nitrogens with zero attached hydrogens (tertiary/aromatic N) is 4. The second-order valence-corrected chi connectivity index (χ2v) is 6.91. The van der Waals surface area contributed by atoms with E-state index in [9.17, 15) is 4.39 Å². The van der Waals surface area contributed by atoms with Crippen molar-refractivity contribution in [3.8, 4) is 27.6 Å². The van der Waals surface area contributed by atoms with Crippen LogP contribution in [0.2, 0.25) is 0 Å². The number of hydrogen-bond donors (Lipinski definition) is 1. The number of nitrogen functional groups attached to an aromatic ring is 1. The molecule has 5 nitrogen and oxygen atoms in total. The molecule has 0 fully saturated rings. The average molecular weight is 365 g/mol. The molecule has 0 saturated heterocycles. The van der Waals surface area contributed by atoms with Crippen LogP contribution in [0.4, 0.5) is 10.2 Å². The summed E-state index contributed by atoms with van der Waals surface area (Å²) in [6.07, 6.45) is 0. The van der Waals surface area contributed by atoms with Crippen molar-refractivity contribution in [2.75, 3.05) is 5.73 Å². The normalized spacial score (nSPS) is 11.0. The molecule has 0 unspecified atom stereocenters. The van der Waals surface area contributed by atoms with Crippen molar-refractivity contribution in [2.24, 2.45) is 0 Å². The molecule has 26 heavy (non-hydrogen) atoms. The van der Waals surface area contributed by atoms with Gasteiger partial charge in [-0.05, 0) is 49.2 Å². The van der Waals surface area contributed by atoms with Crippen LogP contribution in [0, 0.1) is 19.7 Å². The van der Waals surface area contributed by atoms with Gasteiger partial charge < -0.3 is 5.73 Å². The predicted molar refractivity (Wildman–Crippen MR) is 102 cm³/mol. The third-order valence-electron chi connectivity index (χ3n) is 4.27. The van der Waals surface area contributed by atoms with Crippen molar-refractivity contribution in [1.82, 2.24) is 20.0 Å². The number of benzene rings is 2. The minimum Gasteiger partial charge on any atom is -0.382 e. The van der Waals surface area contributed by atoms with Gasteiger partial charge in [-0.15, -0.1) is 16.4 Å². The van der Waals surface area contributed by atoms with E-state index in [1.807, 2.05) is 11.4 Å². The average Bonchev–Trinajstić information content (AvgIpc) is 3.24. The molecule has 0 amide bonds. The van der Waals surface area contributed by atoms with Crippen LogP contribution in [0.3, 0.4) is 0 Å². The van der Waals surface area contributed by atoms with Crippen molar-refractivity contribution >= 4 is 17.2 Å². The van der Waals surface area contributed by atoms with E-state index >= 15 is 0 Å². The molecule has 0 saturated carbocycles. The highest BCUT2D eigenvalue weighted by atomic mass is 32.1. The monoisotopic (exact) mass is 365 g/mol. The molecular weight excluding hydrogens is 349 g/mol. The van der Waals surface area contributed by atoms with Crippen molar-refractivity contribution in [1.29, 1.82) is 0 Å². The molecule has 2 heterocycles. The summed E-state index contributed by atoms with van der Waals surface area (Å²) in [5.74, 6) is -0.0261. The van der Waals surface area contributed by atoms with Crippen LogP contribution in [-0.2, 0) is 0 Å². The molecule has 0 aliphatic carbocycles. The Morgan fingerprint density at radius 2 is 1.92 bits per heavy atom. The van der Waals surface area contributed by atoms with E-state index in [0.29, 0.717) is 22.2 Å². The molecule has 4 aromatic rings. The second kappa shape index (κ2) is 6.34. The van der Waals surface area contributed by atoms with Gasteiger partial charge in [-0.1, -0.05) is 23.4 Å². The Morgan fingerprint density at radius 3 is 2.69 bits per heavy atom. The summed E-state index contributed by atoms with van der Waals surface area (Å²) < 4.78 is 14.9. The largest absolute Gasteiger partial charge is 0.382 e. The van der Waals surface area contributed by atoms with E-state index in [2.05, 4.69) is 41.3 Å². The van der Waals surface area contributed by atoms with Crippen LogP contribution in [-0.4, -0.2) is 20.0 Å². The third-order valence-corrected chi connectivity index (χ3v) is 5.12. The zero-order chi connectivity index (χ0) is 18.3. The van der Waals surface area contributed by atoms with Gasteiger partial charge in [0.05, 0.1) is 11.4 Å². The molecule has 0 bridgehead atoms. The lowest BCUT2D eigenvalue weighted by molar-refractivity contribution is 0.625. The first-order valence-electron chi connectivity index (χ1n) is 8.03. The summed E-state index contributed by atoms with van der Waals surface area (Å²) in [5.41, 5.74) is 11.6. The molecule has 2 aromatic heterocycles. The predicted octanol–water partition coefficient (Wildman–Crippen LogP) is 4.40. The van der Waals surface area contributed by atoms with Crippen LogP contribution in [0.1, 0.15) is 11.1 Å². The Balaban J connectivity index is 1.71. The molecule has 0 radical (unpaired) electrons. The van der Waals surface area contributed by atoms with Crippen molar-refractivity contribution < 1.29 is 4.39 Å². The number of thiazole rings is 1. The Morgan fingerprint density at radius 1 is 1.08 bits per heavy atom. The Labute approximate surface area is 153 Å². The number of nitrogens with two attached hydrogens (primary N) is 1. The number of aryl methyl sites for hydroxylation is 2. The highest BCUT2D eigenvalue weighted by molar-refractivity contribution is 7.13. The number of hydrogen-bond acceptors (Lipinski definition) is 5. The van der Waals surface area contributed by atoms with Gasteiger partial charge in [0.2, 0.25) is 0 Å². The summed E-state index contributed by atoms with van der Waals surface area (Å²) >= 11 is 1.45. The maximum absolute atomic E-state index is 13.5. The van der Waals surface area contributed by atoms with Gasteiger partial charge in [0, 0.05) is 10.9 Å².